The Labute approximate surface area is 242 Å². The largest absolute Gasteiger partial charge is 0.358 e. The minimum Gasteiger partial charge on any atom is -0.358 e. The highest BCUT2D eigenvalue weighted by atomic mass is 16.5. The maximum atomic E-state index is 6.15. The van der Waals surface area contributed by atoms with E-state index in [9.17, 15) is 0 Å². The molecule has 0 saturated carbocycles. The zero-order valence-corrected chi connectivity index (χ0v) is 23.7. The van der Waals surface area contributed by atoms with Crippen LogP contribution in [0.25, 0.3) is 11.2 Å². The molecule has 3 aromatic carbocycles. The van der Waals surface area contributed by atoms with Gasteiger partial charge in [-0.2, -0.15) is 9.97 Å². The Morgan fingerprint density at radius 2 is 1.56 bits per heavy atom. The van der Waals surface area contributed by atoms with E-state index < -0.39 is 0 Å². The van der Waals surface area contributed by atoms with Gasteiger partial charge in [0.25, 0.3) is 0 Å². The number of unbranched alkanes of at least 4 members (excludes halogenated alkanes) is 1. The minimum absolute atomic E-state index is 0.0705. The van der Waals surface area contributed by atoms with Gasteiger partial charge in [0.15, 0.2) is 17.0 Å². The first kappa shape index (κ1) is 27.0. The first-order valence-corrected chi connectivity index (χ1v) is 14.8. The predicted octanol–water partition coefficient (Wildman–Crippen LogP) is 7.82. The number of ether oxygens (including phenoxy) is 1. The zero-order chi connectivity index (χ0) is 27.9. The first-order chi connectivity index (χ1) is 20.3. The highest BCUT2D eigenvalue weighted by Crippen LogP contribution is 2.32. The second-order valence-corrected chi connectivity index (χ2v) is 10.8. The van der Waals surface area contributed by atoms with E-state index in [-0.39, 0.29) is 6.23 Å². The molecule has 5 aromatic rings. The van der Waals surface area contributed by atoms with Crippen molar-refractivity contribution in [2.75, 3.05) is 16.8 Å². The van der Waals surface area contributed by atoms with Crippen LogP contribution in [0.4, 0.5) is 17.5 Å². The number of aryl methyl sites for hydroxylation is 1. The number of hydrogen-bond acceptors (Lipinski definition) is 6. The van der Waals surface area contributed by atoms with Crippen LogP contribution in [0.2, 0.25) is 0 Å². The molecule has 0 spiro atoms. The number of nitrogens with one attached hydrogen (secondary N) is 1. The van der Waals surface area contributed by atoms with Crippen molar-refractivity contribution in [2.45, 2.75) is 64.8 Å². The summed E-state index contributed by atoms with van der Waals surface area (Å²) >= 11 is 0. The van der Waals surface area contributed by atoms with Crippen molar-refractivity contribution in [2.24, 2.45) is 0 Å². The van der Waals surface area contributed by atoms with Crippen LogP contribution < -0.4 is 10.2 Å². The van der Waals surface area contributed by atoms with Gasteiger partial charge in [0.1, 0.15) is 6.23 Å². The van der Waals surface area contributed by atoms with E-state index in [2.05, 4.69) is 107 Å². The Bertz CT molecular complexity index is 1490. The highest BCUT2D eigenvalue weighted by molar-refractivity contribution is 5.85. The minimum atomic E-state index is -0.0705. The molecule has 210 valence electrons. The van der Waals surface area contributed by atoms with Crippen LogP contribution in [0.5, 0.6) is 0 Å². The van der Waals surface area contributed by atoms with Crippen molar-refractivity contribution in [1.29, 1.82) is 0 Å². The van der Waals surface area contributed by atoms with Crippen LogP contribution in [-0.4, -0.2) is 26.1 Å². The number of anilines is 3. The third-order valence-electron chi connectivity index (χ3n) is 7.63. The number of benzene rings is 3. The third kappa shape index (κ3) is 6.57. The number of aromatic nitrogens is 4. The van der Waals surface area contributed by atoms with Gasteiger partial charge in [-0.1, -0.05) is 86.1 Å². The van der Waals surface area contributed by atoms with Crippen molar-refractivity contribution in [3.63, 3.8) is 0 Å². The monoisotopic (exact) mass is 546 g/mol. The second-order valence-electron chi connectivity index (χ2n) is 10.8. The molecule has 41 heavy (non-hydrogen) atoms. The van der Waals surface area contributed by atoms with E-state index in [1.807, 2.05) is 6.33 Å². The molecule has 0 radical (unpaired) electrons. The van der Waals surface area contributed by atoms with E-state index in [1.54, 1.807) is 0 Å². The van der Waals surface area contributed by atoms with Gasteiger partial charge >= 0.3 is 0 Å². The predicted molar refractivity (Wildman–Crippen MR) is 165 cm³/mol. The maximum absolute atomic E-state index is 6.15. The van der Waals surface area contributed by atoms with Gasteiger partial charge in [0, 0.05) is 25.4 Å². The summed E-state index contributed by atoms with van der Waals surface area (Å²) in [5.41, 5.74) is 6.30. The van der Waals surface area contributed by atoms with Crippen molar-refractivity contribution < 1.29 is 4.74 Å². The lowest BCUT2D eigenvalue weighted by molar-refractivity contribution is -0.0298. The fraction of sp³-hybridized carbons (Fsp3) is 0.324. The van der Waals surface area contributed by atoms with Crippen LogP contribution in [-0.2, 0) is 24.2 Å². The fourth-order valence-corrected chi connectivity index (χ4v) is 5.41. The highest BCUT2D eigenvalue weighted by Gasteiger charge is 2.24. The molecule has 1 fully saturated rings. The lowest BCUT2D eigenvalue weighted by Crippen LogP contribution is -2.24. The lowest BCUT2D eigenvalue weighted by Gasteiger charge is -2.26. The van der Waals surface area contributed by atoms with Crippen LogP contribution in [0, 0.1) is 0 Å². The molecule has 7 heteroatoms. The van der Waals surface area contributed by atoms with Crippen LogP contribution in [0.15, 0.2) is 91.3 Å². The van der Waals surface area contributed by atoms with Gasteiger partial charge < -0.3 is 15.0 Å². The molecule has 7 nitrogen and oxygen atoms in total. The molecule has 1 unspecified atom stereocenters. The van der Waals surface area contributed by atoms with Crippen molar-refractivity contribution in [3.05, 3.63) is 108 Å². The Morgan fingerprint density at radius 3 is 2.20 bits per heavy atom. The van der Waals surface area contributed by atoms with Gasteiger partial charge in [-0.3, -0.25) is 4.57 Å². The molecule has 3 heterocycles. The Balaban J connectivity index is 1.41. The van der Waals surface area contributed by atoms with Crippen molar-refractivity contribution >= 4 is 28.6 Å². The molecule has 1 N–H and O–H groups in total. The number of imidazole rings is 1. The molecule has 0 aliphatic carbocycles. The Hall–Kier alpha value is -4.23. The molecule has 1 aliphatic rings. The van der Waals surface area contributed by atoms with Gasteiger partial charge in [-0.25, -0.2) is 4.98 Å². The Morgan fingerprint density at radius 1 is 0.854 bits per heavy atom. The molecular formula is C34H38N6O. The van der Waals surface area contributed by atoms with Crippen LogP contribution in [0.3, 0.4) is 0 Å². The summed E-state index contributed by atoms with van der Waals surface area (Å²) in [7, 11) is 0. The zero-order valence-electron chi connectivity index (χ0n) is 23.7. The summed E-state index contributed by atoms with van der Waals surface area (Å²) in [5.74, 6) is 1.36. The molecule has 0 bridgehead atoms. The maximum Gasteiger partial charge on any atom is 0.231 e. The van der Waals surface area contributed by atoms with E-state index in [0.717, 1.165) is 55.0 Å². The summed E-state index contributed by atoms with van der Waals surface area (Å²) in [6.45, 7) is 4.37. The van der Waals surface area contributed by atoms with E-state index in [1.165, 1.54) is 29.5 Å². The Kier molecular flexibility index (Phi) is 8.52. The molecule has 1 aliphatic heterocycles. The van der Waals surface area contributed by atoms with E-state index in [4.69, 9.17) is 19.7 Å². The number of rotatable bonds is 11. The van der Waals surface area contributed by atoms with E-state index in [0.29, 0.717) is 19.0 Å². The van der Waals surface area contributed by atoms with Gasteiger partial charge in [-0.05, 0) is 60.9 Å². The van der Waals surface area contributed by atoms with Crippen LogP contribution in [0.1, 0.15) is 61.9 Å². The smallest absolute Gasteiger partial charge is 0.231 e. The summed E-state index contributed by atoms with van der Waals surface area (Å²) in [4.78, 5) is 17.3. The number of fused-ring (bicyclic) bond motifs is 1. The number of hydrogen-bond donors (Lipinski definition) is 1. The lowest BCUT2D eigenvalue weighted by atomic mass is 10.1. The topological polar surface area (TPSA) is 68.1 Å². The quantitative estimate of drug-likeness (QED) is 0.182. The standard InChI is InChI=1S/C34H38N6O/c1-2-3-12-26-18-20-29(21-19-26)36-34-37-32(31-33(38-34)40(25-35-31)30-17-10-11-22-41-30)39(23-27-13-6-4-7-14-27)24-28-15-8-5-9-16-28/h4-9,13-16,18-21,25,30H,2-3,10-12,17,22-24H2,1H3,(H,36,37,38). The van der Waals surface area contributed by atoms with Gasteiger partial charge in [0.05, 0.1) is 6.33 Å². The summed E-state index contributed by atoms with van der Waals surface area (Å²) in [5, 5.41) is 3.49. The normalized spacial score (nSPS) is 15.2. The molecule has 6 rings (SSSR count). The van der Waals surface area contributed by atoms with Crippen molar-refractivity contribution in [1.82, 2.24) is 19.5 Å². The van der Waals surface area contributed by atoms with E-state index >= 15 is 0 Å². The van der Waals surface area contributed by atoms with Crippen LogP contribution >= 0.6 is 0 Å². The fourth-order valence-electron chi connectivity index (χ4n) is 5.41. The summed E-state index contributed by atoms with van der Waals surface area (Å²) < 4.78 is 8.24. The SMILES string of the molecule is CCCCc1ccc(Nc2nc(N(Cc3ccccc3)Cc3ccccc3)c3ncn(C4CCCCO4)c3n2)cc1. The van der Waals surface area contributed by atoms with Gasteiger partial charge in [0.2, 0.25) is 5.95 Å². The average Bonchev–Trinajstić information content (AvgIpc) is 3.45. The third-order valence-corrected chi connectivity index (χ3v) is 7.63. The summed E-state index contributed by atoms with van der Waals surface area (Å²) in [6, 6.07) is 29.7. The molecule has 1 atom stereocenters. The van der Waals surface area contributed by atoms with Gasteiger partial charge in [-0.15, -0.1) is 0 Å². The molecule has 2 aromatic heterocycles. The average molecular weight is 547 g/mol. The molecular weight excluding hydrogens is 508 g/mol. The molecule has 1 saturated heterocycles. The second kappa shape index (κ2) is 13.0. The molecule has 0 amide bonds. The first-order valence-electron chi connectivity index (χ1n) is 14.8. The number of nitrogens with zero attached hydrogens (tertiary/aromatic N) is 5. The van der Waals surface area contributed by atoms with Crippen molar-refractivity contribution in [3.8, 4) is 0 Å². The summed E-state index contributed by atoms with van der Waals surface area (Å²) in [6.07, 6.45) is 8.45.